The van der Waals surface area contributed by atoms with Crippen molar-refractivity contribution < 1.29 is 13.2 Å². The standard InChI is InChI=1S/C15H20N4O3S/c1-2-14-17-8-15(18-14)23(20,21)19-13-10-22-9-12(13)7-11-3-5-16-6-4-11/h3-6,8,12-13,19H,2,7,9-10H2,1H3,(H,17,18)/t12-,13-/m1/s1. The van der Waals surface area contributed by atoms with Crippen molar-refractivity contribution in [1.82, 2.24) is 19.7 Å². The molecule has 7 nitrogen and oxygen atoms in total. The number of nitrogens with one attached hydrogen (secondary N) is 2. The van der Waals surface area contributed by atoms with E-state index in [9.17, 15) is 8.42 Å². The third-order valence-corrected chi connectivity index (χ3v) is 5.38. The molecule has 0 aromatic carbocycles. The monoisotopic (exact) mass is 336 g/mol. The van der Waals surface area contributed by atoms with Crippen LogP contribution >= 0.6 is 0 Å². The van der Waals surface area contributed by atoms with Crippen LogP contribution in [-0.2, 0) is 27.6 Å². The van der Waals surface area contributed by atoms with Crippen molar-refractivity contribution in [1.29, 1.82) is 0 Å². The number of hydrogen-bond donors (Lipinski definition) is 2. The highest BCUT2D eigenvalue weighted by Crippen LogP contribution is 2.20. The molecule has 3 heterocycles. The van der Waals surface area contributed by atoms with Crippen LogP contribution in [0.25, 0.3) is 0 Å². The van der Waals surface area contributed by atoms with Crippen molar-refractivity contribution >= 4 is 10.0 Å². The van der Waals surface area contributed by atoms with Gasteiger partial charge in [0.25, 0.3) is 10.0 Å². The molecule has 8 heteroatoms. The van der Waals surface area contributed by atoms with Gasteiger partial charge in [-0.15, -0.1) is 0 Å². The van der Waals surface area contributed by atoms with Gasteiger partial charge in [0.2, 0.25) is 0 Å². The Labute approximate surface area is 135 Å². The minimum atomic E-state index is -3.62. The molecule has 0 radical (unpaired) electrons. The molecule has 1 fully saturated rings. The summed E-state index contributed by atoms with van der Waals surface area (Å²) in [6.07, 6.45) is 6.24. The van der Waals surface area contributed by atoms with Crippen molar-refractivity contribution in [2.45, 2.75) is 30.8 Å². The first-order valence-electron chi connectivity index (χ1n) is 7.61. The van der Waals surface area contributed by atoms with E-state index in [0.29, 0.717) is 25.5 Å². The van der Waals surface area contributed by atoms with E-state index in [1.54, 1.807) is 12.4 Å². The summed E-state index contributed by atoms with van der Waals surface area (Å²) >= 11 is 0. The molecular formula is C15H20N4O3S. The van der Waals surface area contributed by atoms with E-state index in [1.165, 1.54) is 6.20 Å². The normalized spacial score (nSPS) is 21.6. The smallest absolute Gasteiger partial charge is 0.257 e. The number of imidazole rings is 1. The fourth-order valence-electron chi connectivity index (χ4n) is 2.67. The minimum absolute atomic E-state index is 0.0979. The molecular weight excluding hydrogens is 316 g/mol. The van der Waals surface area contributed by atoms with Crippen LogP contribution in [0.5, 0.6) is 0 Å². The van der Waals surface area contributed by atoms with Gasteiger partial charge in [0.05, 0.1) is 25.5 Å². The number of rotatable bonds is 6. The van der Waals surface area contributed by atoms with Crippen molar-refractivity contribution in [2.75, 3.05) is 13.2 Å². The first-order valence-corrected chi connectivity index (χ1v) is 9.09. The summed E-state index contributed by atoms with van der Waals surface area (Å²) in [5.74, 6) is 0.752. The summed E-state index contributed by atoms with van der Waals surface area (Å²) < 4.78 is 33.2. The average Bonchev–Trinajstić information content (AvgIpc) is 3.18. The van der Waals surface area contributed by atoms with Crippen molar-refractivity contribution in [3.05, 3.63) is 42.1 Å². The predicted molar refractivity (Wildman–Crippen MR) is 84.3 cm³/mol. The van der Waals surface area contributed by atoms with Crippen LogP contribution in [0.2, 0.25) is 0 Å². The van der Waals surface area contributed by atoms with Crippen LogP contribution in [-0.4, -0.2) is 42.6 Å². The number of ether oxygens (including phenoxy) is 1. The molecule has 0 unspecified atom stereocenters. The van der Waals surface area contributed by atoms with Crippen molar-refractivity contribution in [2.24, 2.45) is 5.92 Å². The first-order chi connectivity index (χ1) is 11.1. The molecule has 2 aromatic rings. The number of sulfonamides is 1. The van der Waals surface area contributed by atoms with E-state index in [1.807, 2.05) is 19.1 Å². The molecule has 0 spiro atoms. The molecule has 23 heavy (non-hydrogen) atoms. The third-order valence-electron chi connectivity index (χ3n) is 3.98. The second-order valence-corrected chi connectivity index (χ2v) is 7.32. The molecule has 1 saturated heterocycles. The van der Waals surface area contributed by atoms with Gasteiger partial charge in [0, 0.05) is 24.7 Å². The highest BCUT2D eigenvalue weighted by molar-refractivity contribution is 7.89. The molecule has 1 aliphatic heterocycles. The van der Waals surface area contributed by atoms with Gasteiger partial charge in [-0.3, -0.25) is 4.98 Å². The van der Waals surface area contributed by atoms with Gasteiger partial charge in [-0.1, -0.05) is 6.92 Å². The average molecular weight is 336 g/mol. The van der Waals surface area contributed by atoms with Crippen LogP contribution in [0.1, 0.15) is 18.3 Å². The van der Waals surface area contributed by atoms with Gasteiger partial charge < -0.3 is 9.72 Å². The lowest BCUT2D eigenvalue weighted by atomic mass is 9.96. The lowest BCUT2D eigenvalue weighted by Crippen LogP contribution is -2.40. The number of H-pyrrole nitrogens is 1. The summed E-state index contributed by atoms with van der Waals surface area (Å²) in [5, 5.41) is 0.101. The number of aromatic nitrogens is 3. The molecule has 2 atom stereocenters. The second kappa shape index (κ2) is 6.77. The molecule has 124 valence electrons. The Hall–Kier alpha value is -1.77. The summed E-state index contributed by atoms with van der Waals surface area (Å²) in [5.41, 5.74) is 1.12. The van der Waals surface area contributed by atoms with E-state index >= 15 is 0 Å². The maximum absolute atomic E-state index is 12.5. The van der Waals surface area contributed by atoms with Crippen LogP contribution in [0, 0.1) is 5.92 Å². The van der Waals surface area contributed by atoms with Gasteiger partial charge in [0.1, 0.15) is 5.82 Å². The molecule has 0 aliphatic carbocycles. The largest absolute Gasteiger partial charge is 0.379 e. The van der Waals surface area contributed by atoms with E-state index in [4.69, 9.17) is 4.74 Å². The zero-order chi connectivity index (χ0) is 16.3. The number of hydrogen-bond acceptors (Lipinski definition) is 5. The molecule has 2 aromatic heterocycles. The first kappa shape index (κ1) is 16.1. The zero-order valence-electron chi connectivity index (χ0n) is 12.9. The topological polar surface area (TPSA) is 97.0 Å². The quantitative estimate of drug-likeness (QED) is 0.817. The second-order valence-electron chi connectivity index (χ2n) is 5.63. The summed E-state index contributed by atoms with van der Waals surface area (Å²) in [7, 11) is -3.62. The SMILES string of the molecule is CCc1ncc(S(=O)(=O)N[C@@H]2COC[C@H]2Cc2ccncc2)[nH]1. The van der Waals surface area contributed by atoms with E-state index in [0.717, 1.165) is 12.0 Å². The van der Waals surface area contributed by atoms with Gasteiger partial charge in [-0.25, -0.2) is 18.1 Å². The highest BCUT2D eigenvalue weighted by atomic mass is 32.2. The third kappa shape index (κ3) is 3.77. The lowest BCUT2D eigenvalue weighted by Gasteiger charge is -2.18. The van der Waals surface area contributed by atoms with Gasteiger partial charge >= 0.3 is 0 Å². The Kier molecular flexibility index (Phi) is 4.74. The number of aromatic amines is 1. The molecule has 1 aliphatic rings. The molecule has 0 amide bonds. The van der Waals surface area contributed by atoms with Crippen molar-refractivity contribution in [3.63, 3.8) is 0 Å². The van der Waals surface area contributed by atoms with Crippen molar-refractivity contribution in [3.8, 4) is 0 Å². The van der Waals surface area contributed by atoms with Crippen LogP contribution in [0.4, 0.5) is 0 Å². The maximum atomic E-state index is 12.5. The zero-order valence-corrected chi connectivity index (χ0v) is 13.7. The number of nitrogens with zero attached hydrogens (tertiary/aromatic N) is 2. The molecule has 2 N–H and O–H groups in total. The summed E-state index contributed by atoms with van der Waals surface area (Å²) in [6.45, 7) is 2.83. The number of aryl methyl sites for hydroxylation is 1. The number of pyridine rings is 1. The molecule has 0 bridgehead atoms. The summed E-state index contributed by atoms with van der Waals surface area (Å²) in [4.78, 5) is 10.9. The lowest BCUT2D eigenvalue weighted by molar-refractivity contribution is 0.183. The Morgan fingerprint density at radius 2 is 2.13 bits per heavy atom. The predicted octanol–water partition coefficient (Wildman–Crippen LogP) is 0.903. The Bertz CT molecular complexity index is 745. The van der Waals surface area contributed by atoms with Crippen LogP contribution in [0.3, 0.4) is 0 Å². The van der Waals surface area contributed by atoms with E-state index < -0.39 is 10.0 Å². The Morgan fingerprint density at radius 1 is 1.35 bits per heavy atom. The molecule has 3 rings (SSSR count). The van der Waals surface area contributed by atoms with E-state index in [-0.39, 0.29) is 17.0 Å². The van der Waals surface area contributed by atoms with Crippen LogP contribution in [0.15, 0.2) is 35.7 Å². The minimum Gasteiger partial charge on any atom is -0.379 e. The van der Waals surface area contributed by atoms with Gasteiger partial charge in [-0.2, -0.15) is 0 Å². The van der Waals surface area contributed by atoms with Gasteiger partial charge in [-0.05, 0) is 24.1 Å². The van der Waals surface area contributed by atoms with Crippen LogP contribution < -0.4 is 4.72 Å². The Balaban J connectivity index is 1.70. The maximum Gasteiger partial charge on any atom is 0.257 e. The van der Waals surface area contributed by atoms with Gasteiger partial charge in [0.15, 0.2) is 5.03 Å². The fraction of sp³-hybridized carbons (Fsp3) is 0.467. The summed E-state index contributed by atoms with van der Waals surface area (Å²) in [6, 6.07) is 3.63. The fourth-order valence-corrected chi connectivity index (χ4v) is 3.90. The Morgan fingerprint density at radius 3 is 2.83 bits per heavy atom. The van der Waals surface area contributed by atoms with E-state index in [2.05, 4.69) is 19.7 Å². The molecule has 0 saturated carbocycles. The highest BCUT2D eigenvalue weighted by Gasteiger charge is 2.32.